The molecule has 0 atom stereocenters. The first-order valence-corrected chi connectivity index (χ1v) is 4.23. The molecule has 0 amide bonds. The van der Waals surface area contributed by atoms with Gasteiger partial charge in [-0.1, -0.05) is 0 Å². The Hall–Kier alpha value is -1.52. The molecule has 0 fully saturated rings. The van der Waals surface area contributed by atoms with Crippen LogP contribution in [0.15, 0.2) is 24.3 Å². The van der Waals surface area contributed by atoms with Gasteiger partial charge in [0.2, 0.25) is 0 Å². The average Bonchev–Trinajstić information content (AvgIpc) is 2.59. The van der Waals surface area contributed by atoms with Gasteiger partial charge in [0.25, 0.3) is 0 Å². The maximum absolute atomic E-state index is 8.94. The molecule has 14 heavy (non-hydrogen) atoms. The van der Waals surface area contributed by atoms with Crippen LogP contribution in [0.1, 0.15) is 12.0 Å². The third-order valence-corrected chi connectivity index (χ3v) is 2.13. The number of aromatic amines is 1. The van der Waals surface area contributed by atoms with Crippen LogP contribution in [0.5, 0.6) is 5.75 Å². The van der Waals surface area contributed by atoms with Crippen molar-refractivity contribution in [2.45, 2.75) is 6.29 Å². The Morgan fingerprint density at radius 2 is 2.07 bits per heavy atom. The zero-order valence-electron chi connectivity index (χ0n) is 7.69. The largest absolute Gasteiger partial charge is 0.497 e. The van der Waals surface area contributed by atoms with Gasteiger partial charge in [0.1, 0.15) is 5.75 Å². The van der Waals surface area contributed by atoms with Gasteiger partial charge in [-0.05, 0) is 18.2 Å². The number of methoxy groups -OCH3 is 1. The second kappa shape index (κ2) is 3.32. The molecule has 4 heteroatoms. The highest BCUT2D eigenvalue weighted by Crippen LogP contribution is 2.23. The number of ether oxygens (including phenoxy) is 1. The van der Waals surface area contributed by atoms with Crippen LogP contribution in [0.3, 0.4) is 0 Å². The van der Waals surface area contributed by atoms with Gasteiger partial charge in [-0.3, -0.25) is 0 Å². The lowest BCUT2D eigenvalue weighted by atomic mass is 10.2. The van der Waals surface area contributed by atoms with Crippen LogP contribution >= 0.6 is 0 Å². The van der Waals surface area contributed by atoms with Crippen molar-refractivity contribution in [3.63, 3.8) is 0 Å². The van der Waals surface area contributed by atoms with Crippen molar-refractivity contribution in [1.29, 1.82) is 0 Å². The van der Waals surface area contributed by atoms with Crippen molar-refractivity contribution < 1.29 is 14.9 Å². The Bertz CT molecular complexity index is 448. The maximum Gasteiger partial charge on any atom is 0.193 e. The lowest BCUT2D eigenvalue weighted by molar-refractivity contribution is -0.0453. The normalized spacial score (nSPS) is 11.1. The van der Waals surface area contributed by atoms with Crippen LogP contribution in [0.4, 0.5) is 0 Å². The molecule has 1 aromatic heterocycles. The molecule has 4 nitrogen and oxygen atoms in total. The van der Waals surface area contributed by atoms with E-state index in [0.717, 1.165) is 16.7 Å². The predicted molar refractivity (Wildman–Crippen MR) is 52.0 cm³/mol. The van der Waals surface area contributed by atoms with E-state index in [2.05, 4.69) is 4.98 Å². The van der Waals surface area contributed by atoms with E-state index in [9.17, 15) is 0 Å². The summed E-state index contributed by atoms with van der Waals surface area (Å²) in [6, 6.07) is 7.18. The Kier molecular flexibility index (Phi) is 2.15. The van der Waals surface area contributed by atoms with Crippen LogP contribution < -0.4 is 4.74 Å². The maximum atomic E-state index is 8.94. The Morgan fingerprint density at radius 1 is 1.29 bits per heavy atom. The highest BCUT2D eigenvalue weighted by molar-refractivity contribution is 5.81. The average molecular weight is 193 g/mol. The van der Waals surface area contributed by atoms with Gasteiger partial charge in [0, 0.05) is 17.0 Å². The number of benzene rings is 1. The quantitative estimate of drug-likeness (QED) is 0.627. The summed E-state index contributed by atoms with van der Waals surface area (Å²) in [6.07, 6.45) is -1.46. The van der Waals surface area contributed by atoms with E-state index < -0.39 is 6.29 Å². The lowest BCUT2D eigenvalue weighted by Gasteiger charge is -1.98. The van der Waals surface area contributed by atoms with E-state index in [0.29, 0.717) is 5.69 Å². The Balaban J connectivity index is 2.54. The number of aliphatic hydroxyl groups is 2. The molecule has 0 aliphatic rings. The number of aliphatic hydroxyl groups excluding tert-OH is 1. The number of fused-ring (bicyclic) bond motifs is 1. The summed E-state index contributed by atoms with van der Waals surface area (Å²) in [7, 11) is 1.59. The fourth-order valence-corrected chi connectivity index (χ4v) is 1.39. The van der Waals surface area contributed by atoms with Crippen molar-refractivity contribution in [3.05, 3.63) is 30.0 Å². The fourth-order valence-electron chi connectivity index (χ4n) is 1.39. The van der Waals surface area contributed by atoms with Gasteiger partial charge < -0.3 is 19.9 Å². The topological polar surface area (TPSA) is 65.5 Å². The zero-order valence-corrected chi connectivity index (χ0v) is 7.69. The number of rotatable bonds is 2. The van der Waals surface area contributed by atoms with Gasteiger partial charge >= 0.3 is 0 Å². The van der Waals surface area contributed by atoms with Crippen molar-refractivity contribution in [2.75, 3.05) is 7.11 Å². The minimum atomic E-state index is -1.46. The third kappa shape index (κ3) is 1.45. The minimum absolute atomic E-state index is 0.383. The summed E-state index contributed by atoms with van der Waals surface area (Å²) in [6.45, 7) is 0. The Morgan fingerprint density at radius 3 is 2.71 bits per heavy atom. The number of hydrogen-bond donors (Lipinski definition) is 3. The first-order valence-electron chi connectivity index (χ1n) is 4.23. The van der Waals surface area contributed by atoms with Gasteiger partial charge in [0.05, 0.1) is 12.8 Å². The molecule has 3 N–H and O–H groups in total. The van der Waals surface area contributed by atoms with Crippen LogP contribution in [0, 0.1) is 0 Å². The predicted octanol–water partition coefficient (Wildman–Crippen LogP) is 1.16. The lowest BCUT2D eigenvalue weighted by Crippen LogP contribution is -1.93. The molecule has 0 radical (unpaired) electrons. The first-order chi connectivity index (χ1) is 6.70. The van der Waals surface area contributed by atoms with Crippen molar-refractivity contribution in [1.82, 2.24) is 4.98 Å². The van der Waals surface area contributed by atoms with Crippen LogP contribution in [0.25, 0.3) is 10.9 Å². The molecule has 0 bridgehead atoms. The second-order valence-corrected chi connectivity index (χ2v) is 3.05. The van der Waals surface area contributed by atoms with E-state index in [1.165, 1.54) is 0 Å². The summed E-state index contributed by atoms with van der Waals surface area (Å²) in [4.78, 5) is 2.89. The van der Waals surface area contributed by atoms with Gasteiger partial charge in [-0.2, -0.15) is 0 Å². The van der Waals surface area contributed by atoms with E-state index in [4.69, 9.17) is 14.9 Å². The SMILES string of the molecule is COc1ccc2cc(C(O)O)[nH]c2c1. The number of aromatic nitrogens is 1. The zero-order chi connectivity index (χ0) is 10.1. The van der Waals surface area contributed by atoms with Crippen molar-refractivity contribution in [2.24, 2.45) is 0 Å². The monoisotopic (exact) mass is 193 g/mol. The Labute approximate surface area is 80.8 Å². The van der Waals surface area contributed by atoms with Crippen LogP contribution in [0.2, 0.25) is 0 Å². The molecule has 2 rings (SSSR count). The molecule has 0 saturated carbocycles. The summed E-state index contributed by atoms with van der Waals surface area (Å²) in [5.41, 5.74) is 1.21. The molecule has 0 unspecified atom stereocenters. The van der Waals surface area contributed by atoms with Crippen molar-refractivity contribution >= 4 is 10.9 Å². The molecule has 0 saturated heterocycles. The van der Waals surface area contributed by atoms with E-state index in [1.807, 2.05) is 12.1 Å². The first kappa shape index (κ1) is 9.05. The molecule has 74 valence electrons. The second-order valence-electron chi connectivity index (χ2n) is 3.05. The number of nitrogens with one attached hydrogen (secondary N) is 1. The third-order valence-electron chi connectivity index (χ3n) is 2.13. The standard InChI is InChI=1S/C10H11NO3/c1-14-7-3-2-6-4-9(10(12)13)11-8(6)5-7/h2-5,10-13H,1H3. The molecular formula is C10H11NO3. The molecule has 0 spiro atoms. The smallest absolute Gasteiger partial charge is 0.193 e. The van der Waals surface area contributed by atoms with Crippen LogP contribution in [-0.2, 0) is 0 Å². The molecule has 1 heterocycles. The van der Waals surface area contributed by atoms with E-state index >= 15 is 0 Å². The summed E-state index contributed by atoms with van der Waals surface area (Å²) >= 11 is 0. The summed E-state index contributed by atoms with van der Waals surface area (Å²) in [5.74, 6) is 0.735. The fraction of sp³-hybridized carbons (Fsp3) is 0.200. The highest BCUT2D eigenvalue weighted by Gasteiger charge is 2.07. The molecule has 1 aromatic carbocycles. The van der Waals surface area contributed by atoms with E-state index in [-0.39, 0.29) is 0 Å². The molecule has 2 aromatic rings. The van der Waals surface area contributed by atoms with Crippen molar-refractivity contribution in [3.8, 4) is 5.75 Å². The molecule has 0 aliphatic carbocycles. The van der Waals surface area contributed by atoms with Crippen LogP contribution in [-0.4, -0.2) is 22.3 Å². The minimum Gasteiger partial charge on any atom is -0.497 e. The number of hydrogen-bond acceptors (Lipinski definition) is 3. The molecular weight excluding hydrogens is 182 g/mol. The van der Waals surface area contributed by atoms with Gasteiger partial charge in [-0.15, -0.1) is 0 Å². The summed E-state index contributed by atoms with van der Waals surface area (Å²) < 4.78 is 5.05. The van der Waals surface area contributed by atoms with E-state index in [1.54, 1.807) is 19.2 Å². The molecule has 0 aliphatic heterocycles. The van der Waals surface area contributed by atoms with Gasteiger partial charge in [0.15, 0.2) is 6.29 Å². The van der Waals surface area contributed by atoms with Gasteiger partial charge in [-0.25, -0.2) is 0 Å². The summed E-state index contributed by atoms with van der Waals surface area (Å²) in [5, 5.41) is 18.8. The highest BCUT2D eigenvalue weighted by atomic mass is 16.5. The number of H-pyrrole nitrogens is 1.